The lowest BCUT2D eigenvalue weighted by Gasteiger charge is -2.13. The van der Waals surface area contributed by atoms with Crippen LogP contribution >= 0.6 is 0 Å². The zero-order chi connectivity index (χ0) is 13.5. The average molecular weight is 260 g/mol. The molecule has 0 saturated heterocycles. The van der Waals surface area contributed by atoms with Crippen LogP contribution in [0.2, 0.25) is 0 Å². The van der Waals surface area contributed by atoms with E-state index in [2.05, 4.69) is 5.32 Å². The molecule has 1 atom stereocenters. The van der Waals surface area contributed by atoms with Gasteiger partial charge in [-0.1, -0.05) is 43.2 Å². The number of nitrogens with one attached hydrogen (secondary N) is 1. The molecule has 0 heterocycles. The molecule has 0 radical (unpaired) electrons. The van der Waals surface area contributed by atoms with Gasteiger partial charge in [0.15, 0.2) is 0 Å². The second-order valence-corrected chi connectivity index (χ2v) is 5.51. The predicted octanol–water partition coefficient (Wildman–Crippen LogP) is 2.77. The number of nitrogens with two attached hydrogens (primary N) is 1. The van der Waals surface area contributed by atoms with Gasteiger partial charge in [0.05, 0.1) is 0 Å². The van der Waals surface area contributed by atoms with Crippen LogP contribution in [-0.4, -0.2) is 12.5 Å². The highest BCUT2D eigenvalue weighted by Crippen LogP contribution is 2.23. The van der Waals surface area contributed by atoms with E-state index in [0.717, 1.165) is 12.1 Å². The van der Waals surface area contributed by atoms with Crippen molar-refractivity contribution in [3.63, 3.8) is 0 Å². The first-order valence-electron chi connectivity index (χ1n) is 7.33. The highest BCUT2D eigenvalue weighted by molar-refractivity contribution is 5.75. The van der Waals surface area contributed by atoms with Crippen molar-refractivity contribution in [2.45, 2.75) is 44.6 Å². The minimum absolute atomic E-state index is 0.0431. The molecule has 1 saturated carbocycles. The molecule has 0 spiro atoms. The lowest BCUT2D eigenvalue weighted by Crippen LogP contribution is -2.28. The summed E-state index contributed by atoms with van der Waals surface area (Å²) in [5.74, 6) is 0.838. The van der Waals surface area contributed by atoms with Crippen LogP contribution in [0.4, 0.5) is 0 Å². The third-order valence-electron chi connectivity index (χ3n) is 3.97. The Labute approximate surface area is 115 Å². The Bertz CT molecular complexity index is 385. The van der Waals surface area contributed by atoms with E-state index in [0.29, 0.717) is 18.8 Å². The zero-order valence-corrected chi connectivity index (χ0v) is 11.5. The zero-order valence-electron chi connectivity index (χ0n) is 11.5. The van der Waals surface area contributed by atoms with E-state index in [9.17, 15) is 4.79 Å². The van der Waals surface area contributed by atoms with Crippen molar-refractivity contribution in [3.8, 4) is 0 Å². The number of hydrogen-bond donors (Lipinski definition) is 2. The van der Waals surface area contributed by atoms with Crippen LogP contribution in [0.5, 0.6) is 0 Å². The Kier molecular flexibility index (Phi) is 5.40. The Morgan fingerprint density at radius 3 is 2.63 bits per heavy atom. The van der Waals surface area contributed by atoms with Crippen LogP contribution in [0.25, 0.3) is 0 Å². The smallest absolute Gasteiger partial charge is 0.220 e. The van der Waals surface area contributed by atoms with Crippen LogP contribution in [0.3, 0.4) is 0 Å². The molecule has 1 amide bonds. The van der Waals surface area contributed by atoms with Crippen molar-refractivity contribution >= 4 is 5.91 Å². The quantitative estimate of drug-likeness (QED) is 0.826. The number of rotatable bonds is 6. The fourth-order valence-corrected chi connectivity index (χ4v) is 2.71. The molecular formula is C16H24N2O. The summed E-state index contributed by atoms with van der Waals surface area (Å²) >= 11 is 0. The third kappa shape index (κ3) is 4.67. The van der Waals surface area contributed by atoms with Crippen LogP contribution in [0.15, 0.2) is 30.3 Å². The van der Waals surface area contributed by atoms with Crippen molar-refractivity contribution in [2.75, 3.05) is 6.54 Å². The van der Waals surface area contributed by atoms with E-state index in [1.54, 1.807) is 0 Å². The van der Waals surface area contributed by atoms with Crippen molar-refractivity contribution in [2.24, 2.45) is 11.7 Å². The molecule has 0 aromatic heterocycles. The number of carbonyl (C=O) groups is 1. The van der Waals surface area contributed by atoms with Gasteiger partial charge in [-0.15, -0.1) is 0 Å². The Balaban J connectivity index is 1.65. The first-order valence-corrected chi connectivity index (χ1v) is 7.33. The molecule has 1 aromatic carbocycles. The Morgan fingerprint density at radius 2 is 1.95 bits per heavy atom. The van der Waals surface area contributed by atoms with Gasteiger partial charge in [-0.2, -0.15) is 0 Å². The standard InChI is InChI=1S/C16H24N2O/c17-15(14-8-2-1-3-9-14)10-11-16(19)18-12-13-6-4-5-7-13/h1-3,8-9,13,15H,4-7,10-12,17H2,(H,18,19). The van der Waals surface area contributed by atoms with Gasteiger partial charge in [0.2, 0.25) is 5.91 Å². The second kappa shape index (κ2) is 7.29. The summed E-state index contributed by atoms with van der Waals surface area (Å²) in [6.07, 6.45) is 6.40. The molecular weight excluding hydrogens is 236 g/mol. The summed E-state index contributed by atoms with van der Waals surface area (Å²) in [5, 5.41) is 3.04. The summed E-state index contributed by atoms with van der Waals surface area (Å²) in [6, 6.07) is 9.93. The molecule has 3 nitrogen and oxygen atoms in total. The highest BCUT2D eigenvalue weighted by Gasteiger charge is 2.16. The van der Waals surface area contributed by atoms with Crippen molar-refractivity contribution in [1.29, 1.82) is 0 Å². The fourth-order valence-electron chi connectivity index (χ4n) is 2.71. The van der Waals surface area contributed by atoms with Gasteiger partial charge in [0.25, 0.3) is 0 Å². The lowest BCUT2D eigenvalue weighted by molar-refractivity contribution is -0.121. The maximum Gasteiger partial charge on any atom is 0.220 e. The van der Waals surface area contributed by atoms with Crippen LogP contribution < -0.4 is 11.1 Å². The van der Waals surface area contributed by atoms with Gasteiger partial charge in [-0.05, 0) is 30.7 Å². The van der Waals surface area contributed by atoms with E-state index in [1.807, 2.05) is 30.3 Å². The minimum atomic E-state index is -0.0431. The second-order valence-electron chi connectivity index (χ2n) is 5.51. The number of hydrogen-bond acceptors (Lipinski definition) is 2. The van der Waals surface area contributed by atoms with E-state index in [-0.39, 0.29) is 11.9 Å². The predicted molar refractivity (Wildman–Crippen MR) is 77.6 cm³/mol. The summed E-state index contributed by atoms with van der Waals surface area (Å²) in [6.45, 7) is 0.847. The summed E-state index contributed by atoms with van der Waals surface area (Å²) in [4.78, 5) is 11.8. The Hall–Kier alpha value is -1.35. The van der Waals surface area contributed by atoms with Crippen LogP contribution in [-0.2, 0) is 4.79 Å². The molecule has 3 N–H and O–H groups in total. The minimum Gasteiger partial charge on any atom is -0.356 e. The third-order valence-corrected chi connectivity index (χ3v) is 3.97. The topological polar surface area (TPSA) is 55.1 Å². The first-order chi connectivity index (χ1) is 9.25. The monoisotopic (exact) mass is 260 g/mol. The van der Waals surface area contributed by atoms with Gasteiger partial charge in [-0.3, -0.25) is 4.79 Å². The van der Waals surface area contributed by atoms with Crippen molar-refractivity contribution < 1.29 is 4.79 Å². The molecule has 2 rings (SSSR count). The van der Waals surface area contributed by atoms with E-state index >= 15 is 0 Å². The van der Waals surface area contributed by atoms with E-state index < -0.39 is 0 Å². The molecule has 1 aromatic rings. The summed E-state index contributed by atoms with van der Waals surface area (Å²) < 4.78 is 0. The van der Waals surface area contributed by atoms with Crippen molar-refractivity contribution in [3.05, 3.63) is 35.9 Å². The maximum absolute atomic E-state index is 11.8. The number of benzene rings is 1. The van der Waals surface area contributed by atoms with Crippen LogP contribution in [0, 0.1) is 5.92 Å². The maximum atomic E-state index is 11.8. The molecule has 0 bridgehead atoms. The van der Waals surface area contributed by atoms with Gasteiger partial charge >= 0.3 is 0 Å². The fraction of sp³-hybridized carbons (Fsp3) is 0.562. The Morgan fingerprint density at radius 1 is 1.26 bits per heavy atom. The number of carbonyl (C=O) groups excluding carboxylic acids is 1. The normalized spacial score (nSPS) is 17.3. The first kappa shape index (κ1) is 14.1. The van der Waals surface area contributed by atoms with Gasteiger partial charge in [-0.25, -0.2) is 0 Å². The molecule has 1 unspecified atom stereocenters. The summed E-state index contributed by atoms with van der Waals surface area (Å²) in [7, 11) is 0. The highest BCUT2D eigenvalue weighted by atomic mass is 16.1. The number of amides is 1. The van der Waals surface area contributed by atoms with Crippen LogP contribution in [0.1, 0.15) is 50.1 Å². The van der Waals surface area contributed by atoms with E-state index in [1.165, 1.54) is 25.7 Å². The van der Waals surface area contributed by atoms with Gasteiger partial charge in [0, 0.05) is 19.0 Å². The summed E-state index contributed by atoms with van der Waals surface area (Å²) in [5.41, 5.74) is 7.18. The van der Waals surface area contributed by atoms with E-state index in [4.69, 9.17) is 5.73 Å². The molecule has 1 aliphatic rings. The van der Waals surface area contributed by atoms with Gasteiger partial charge in [0.1, 0.15) is 0 Å². The molecule has 19 heavy (non-hydrogen) atoms. The molecule has 3 heteroatoms. The largest absolute Gasteiger partial charge is 0.356 e. The average Bonchev–Trinajstić information content (AvgIpc) is 2.96. The van der Waals surface area contributed by atoms with Crippen molar-refractivity contribution in [1.82, 2.24) is 5.32 Å². The van der Waals surface area contributed by atoms with Gasteiger partial charge < -0.3 is 11.1 Å². The molecule has 0 aliphatic heterocycles. The lowest BCUT2D eigenvalue weighted by atomic mass is 10.0. The molecule has 1 fully saturated rings. The molecule has 104 valence electrons. The SMILES string of the molecule is NC(CCC(=O)NCC1CCCC1)c1ccccc1. The molecule has 1 aliphatic carbocycles.